The minimum absolute atomic E-state index is 0.366. The van der Waals surface area contributed by atoms with Crippen molar-refractivity contribution in [1.29, 1.82) is 0 Å². The van der Waals surface area contributed by atoms with Crippen molar-refractivity contribution in [1.82, 2.24) is 10.4 Å². The van der Waals surface area contributed by atoms with Gasteiger partial charge >= 0.3 is 0 Å². The van der Waals surface area contributed by atoms with E-state index in [1.165, 1.54) is 48.2 Å². The Morgan fingerprint density at radius 1 is 1.37 bits per heavy atom. The number of aromatic nitrogens is 1. The van der Waals surface area contributed by atoms with Gasteiger partial charge in [-0.15, -0.1) is 0 Å². The number of halogens is 2. The number of benzene rings is 1. The van der Waals surface area contributed by atoms with Gasteiger partial charge in [0.05, 0.1) is 11.1 Å². The van der Waals surface area contributed by atoms with E-state index in [1.54, 1.807) is 6.92 Å². The molecule has 0 radical (unpaired) electrons. The van der Waals surface area contributed by atoms with E-state index in [1.807, 2.05) is 0 Å². The van der Waals surface area contributed by atoms with Crippen LogP contribution in [0.5, 0.6) is 5.75 Å². The van der Waals surface area contributed by atoms with Crippen LogP contribution in [0.15, 0.2) is 29.4 Å². The van der Waals surface area contributed by atoms with Crippen LogP contribution in [0.25, 0.3) is 0 Å². The number of rotatable bonds is 6. The Morgan fingerprint density at radius 2 is 2.07 bits per heavy atom. The molecule has 0 aliphatic carbocycles. The number of carbonyl (C=O) groups excluding carboxylic acids is 1. The summed E-state index contributed by atoms with van der Waals surface area (Å²) in [4.78, 5) is 19.3. The number of carbonyl (C=O) groups is 1. The highest BCUT2D eigenvalue weighted by molar-refractivity contribution is 7.17. The molecule has 0 spiro atoms. The van der Waals surface area contributed by atoms with Crippen LogP contribution in [0.1, 0.15) is 31.1 Å². The van der Waals surface area contributed by atoms with Gasteiger partial charge < -0.3 is 9.64 Å². The summed E-state index contributed by atoms with van der Waals surface area (Å²) in [5.74, 6) is -0.387. The predicted octanol–water partition coefficient (Wildman–Crippen LogP) is 3.84. The highest BCUT2D eigenvalue weighted by Crippen LogP contribution is 2.30. The fourth-order valence-corrected chi connectivity index (χ4v) is 3.79. The van der Waals surface area contributed by atoms with Crippen molar-refractivity contribution in [3.05, 3.63) is 40.1 Å². The number of thiazole rings is 1. The molecule has 1 atom stereocenters. The lowest BCUT2D eigenvalue weighted by Crippen LogP contribution is -2.33. The van der Waals surface area contributed by atoms with Crippen molar-refractivity contribution in [2.24, 2.45) is 5.10 Å². The lowest BCUT2D eigenvalue weighted by molar-refractivity contribution is -0.127. The summed E-state index contributed by atoms with van der Waals surface area (Å²) >= 11 is 7.62. The van der Waals surface area contributed by atoms with Gasteiger partial charge in [-0.1, -0.05) is 22.9 Å². The first-order valence-corrected chi connectivity index (χ1v) is 9.89. The molecule has 0 saturated carbocycles. The van der Waals surface area contributed by atoms with Crippen LogP contribution in [0.3, 0.4) is 0 Å². The SMILES string of the molecule is C[C@H](Oc1ccc(F)cc1)C(=O)N/N=C\c1sc(N2CCCCC2)nc1Cl. The maximum absolute atomic E-state index is 12.9. The number of nitrogens with one attached hydrogen (secondary N) is 1. The topological polar surface area (TPSA) is 66.8 Å². The zero-order chi connectivity index (χ0) is 19.2. The van der Waals surface area contributed by atoms with Gasteiger partial charge in [-0.25, -0.2) is 14.8 Å². The number of piperidine rings is 1. The first kappa shape index (κ1) is 19.6. The largest absolute Gasteiger partial charge is 0.481 e. The Kier molecular flexibility index (Phi) is 6.63. The first-order chi connectivity index (χ1) is 13.0. The van der Waals surface area contributed by atoms with E-state index in [9.17, 15) is 9.18 Å². The van der Waals surface area contributed by atoms with E-state index in [0.29, 0.717) is 15.8 Å². The van der Waals surface area contributed by atoms with Crippen LogP contribution < -0.4 is 15.1 Å². The van der Waals surface area contributed by atoms with Crippen LogP contribution in [0.2, 0.25) is 5.15 Å². The minimum Gasteiger partial charge on any atom is -0.481 e. The lowest BCUT2D eigenvalue weighted by atomic mass is 10.1. The maximum atomic E-state index is 12.9. The molecule has 6 nitrogen and oxygen atoms in total. The van der Waals surface area contributed by atoms with Crippen LogP contribution in [-0.2, 0) is 4.79 Å². The monoisotopic (exact) mass is 410 g/mol. The molecule has 1 fully saturated rings. The molecule has 9 heteroatoms. The third-order valence-electron chi connectivity index (χ3n) is 4.08. The van der Waals surface area contributed by atoms with E-state index in [0.717, 1.165) is 31.1 Å². The predicted molar refractivity (Wildman–Crippen MR) is 105 cm³/mol. The van der Waals surface area contributed by atoms with E-state index >= 15 is 0 Å². The number of ether oxygens (including phenoxy) is 1. The normalized spacial score (nSPS) is 15.7. The van der Waals surface area contributed by atoms with Gasteiger partial charge in [0.25, 0.3) is 5.91 Å². The van der Waals surface area contributed by atoms with Gasteiger partial charge in [0.1, 0.15) is 11.6 Å². The fraction of sp³-hybridized carbons (Fsp3) is 0.389. The van der Waals surface area contributed by atoms with Gasteiger partial charge in [-0.2, -0.15) is 5.10 Å². The molecule has 0 bridgehead atoms. The summed E-state index contributed by atoms with van der Waals surface area (Å²) in [5, 5.41) is 5.19. The molecule has 27 heavy (non-hydrogen) atoms. The second-order valence-corrected chi connectivity index (χ2v) is 7.51. The van der Waals surface area contributed by atoms with Crippen molar-refractivity contribution in [3.63, 3.8) is 0 Å². The molecule has 1 aromatic carbocycles. The number of amides is 1. The van der Waals surface area contributed by atoms with Gasteiger partial charge in [0.15, 0.2) is 16.4 Å². The molecule has 1 N–H and O–H groups in total. The minimum atomic E-state index is -0.784. The Hall–Kier alpha value is -2.19. The average Bonchev–Trinajstić information content (AvgIpc) is 3.05. The standard InChI is InChI=1S/C18H20ClFN4O2S/c1-12(26-14-7-5-13(20)6-8-14)17(25)23-21-11-15-16(19)22-18(27-15)24-9-3-2-4-10-24/h5-8,11-12H,2-4,9-10H2,1H3,(H,23,25)/b21-11-/t12-/m0/s1. The summed E-state index contributed by atoms with van der Waals surface area (Å²) < 4.78 is 18.3. The van der Waals surface area contributed by atoms with Crippen molar-refractivity contribution in [2.45, 2.75) is 32.3 Å². The van der Waals surface area contributed by atoms with Crippen LogP contribution >= 0.6 is 22.9 Å². The summed E-state index contributed by atoms with van der Waals surface area (Å²) in [5.41, 5.74) is 2.42. The van der Waals surface area contributed by atoms with Gasteiger partial charge in [-0.05, 0) is 50.5 Å². The van der Waals surface area contributed by atoms with Crippen molar-refractivity contribution < 1.29 is 13.9 Å². The molecule has 2 aromatic rings. The molecule has 1 aliphatic heterocycles. The fourth-order valence-electron chi connectivity index (χ4n) is 2.62. The van der Waals surface area contributed by atoms with Crippen LogP contribution in [0, 0.1) is 5.82 Å². The van der Waals surface area contributed by atoms with Crippen LogP contribution in [0.4, 0.5) is 9.52 Å². The summed E-state index contributed by atoms with van der Waals surface area (Å²) in [7, 11) is 0. The molecule has 144 valence electrons. The Morgan fingerprint density at radius 3 is 2.78 bits per heavy atom. The zero-order valence-corrected chi connectivity index (χ0v) is 16.4. The molecule has 3 rings (SSSR count). The van der Waals surface area contributed by atoms with E-state index in [-0.39, 0.29) is 5.82 Å². The lowest BCUT2D eigenvalue weighted by Gasteiger charge is -2.25. The highest BCUT2D eigenvalue weighted by atomic mass is 35.5. The third kappa shape index (κ3) is 5.40. The highest BCUT2D eigenvalue weighted by Gasteiger charge is 2.17. The van der Waals surface area contributed by atoms with Crippen LogP contribution in [-0.4, -0.2) is 36.3 Å². The number of anilines is 1. The average molecular weight is 411 g/mol. The smallest absolute Gasteiger partial charge is 0.280 e. The Balaban J connectivity index is 1.54. The third-order valence-corrected chi connectivity index (χ3v) is 5.53. The zero-order valence-electron chi connectivity index (χ0n) is 14.8. The van der Waals surface area contributed by atoms with Gasteiger partial charge in [-0.3, -0.25) is 4.79 Å². The number of hydrogen-bond acceptors (Lipinski definition) is 6. The molecule has 2 heterocycles. The van der Waals surface area contributed by atoms with E-state index in [2.05, 4.69) is 20.4 Å². The van der Waals surface area contributed by atoms with Crippen molar-refractivity contribution in [3.8, 4) is 5.75 Å². The molecule has 1 aromatic heterocycles. The van der Waals surface area contributed by atoms with Gasteiger partial charge in [0.2, 0.25) is 0 Å². The van der Waals surface area contributed by atoms with E-state index < -0.39 is 12.0 Å². The van der Waals surface area contributed by atoms with Crippen molar-refractivity contribution in [2.75, 3.05) is 18.0 Å². The second kappa shape index (κ2) is 9.14. The summed E-state index contributed by atoms with van der Waals surface area (Å²) in [6.07, 6.45) is 4.25. The summed E-state index contributed by atoms with van der Waals surface area (Å²) in [6.45, 7) is 3.55. The number of hydrogen-bond donors (Lipinski definition) is 1. The second-order valence-electron chi connectivity index (χ2n) is 6.15. The van der Waals surface area contributed by atoms with Crippen molar-refractivity contribution >= 4 is 40.2 Å². The Bertz CT molecular complexity index is 806. The molecular weight excluding hydrogens is 391 g/mol. The molecule has 0 unspecified atom stereocenters. The quantitative estimate of drug-likeness (QED) is 0.580. The molecule has 1 aliphatic rings. The molecule has 1 saturated heterocycles. The summed E-state index contributed by atoms with van der Waals surface area (Å²) in [6, 6.07) is 5.46. The number of hydrazone groups is 1. The Labute approximate surface area is 166 Å². The molecule has 1 amide bonds. The maximum Gasteiger partial charge on any atom is 0.280 e. The first-order valence-electron chi connectivity index (χ1n) is 8.69. The molecular formula is C18H20ClFN4O2S. The number of nitrogens with zero attached hydrogens (tertiary/aromatic N) is 3. The van der Waals surface area contributed by atoms with E-state index in [4.69, 9.17) is 16.3 Å². The van der Waals surface area contributed by atoms with Gasteiger partial charge in [0, 0.05) is 13.1 Å².